The number of carbonyl (C=O) groups is 1. The smallest absolute Gasteiger partial charge is 0.237 e. The van der Waals surface area contributed by atoms with Crippen molar-refractivity contribution in [3.63, 3.8) is 0 Å². The van der Waals surface area contributed by atoms with Gasteiger partial charge in [0.1, 0.15) is 5.75 Å². The van der Waals surface area contributed by atoms with Crippen LogP contribution in [0.2, 0.25) is 5.02 Å². The number of anilines is 1. The fraction of sp³-hybridized carbons (Fsp3) is 0.263. The van der Waals surface area contributed by atoms with Crippen molar-refractivity contribution in [2.75, 3.05) is 12.4 Å². The monoisotopic (exact) mass is 417 g/mol. The first-order valence-corrected chi connectivity index (χ1v) is 9.85. The highest BCUT2D eigenvalue weighted by molar-refractivity contribution is 8.00. The molecule has 2 aromatic carbocycles. The summed E-state index contributed by atoms with van der Waals surface area (Å²) in [6.07, 6.45) is 0. The van der Waals surface area contributed by atoms with Gasteiger partial charge in [0.15, 0.2) is 0 Å². The van der Waals surface area contributed by atoms with Crippen molar-refractivity contribution in [1.82, 2.24) is 20.2 Å². The molecule has 1 aromatic heterocycles. The molecule has 1 N–H and O–H groups in total. The van der Waals surface area contributed by atoms with Gasteiger partial charge in [-0.1, -0.05) is 41.6 Å². The van der Waals surface area contributed by atoms with Crippen LogP contribution in [0.3, 0.4) is 0 Å². The number of benzene rings is 2. The van der Waals surface area contributed by atoms with Crippen LogP contribution in [0.1, 0.15) is 18.1 Å². The Morgan fingerprint density at radius 3 is 2.75 bits per heavy atom. The Hall–Kier alpha value is -2.58. The van der Waals surface area contributed by atoms with Crippen LogP contribution >= 0.6 is 23.4 Å². The topological polar surface area (TPSA) is 81.9 Å². The summed E-state index contributed by atoms with van der Waals surface area (Å²) < 4.78 is 6.84. The first kappa shape index (κ1) is 20.2. The molecule has 0 aliphatic rings. The lowest BCUT2D eigenvalue weighted by atomic mass is 10.2. The van der Waals surface area contributed by atoms with Crippen LogP contribution in [0.4, 0.5) is 5.69 Å². The van der Waals surface area contributed by atoms with E-state index in [2.05, 4.69) is 20.8 Å². The summed E-state index contributed by atoms with van der Waals surface area (Å²) in [7, 11) is 1.63. The van der Waals surface area contributed by atoms with E-state index in [1.165, 1.54) is 11.8 Å². The van der Waals surface area contributed by atoms with Crippen molar-refractivity contribution in [2.45, 2.75) is 30.8 Å². The molecule has 0 bridgehead atoms. The molecule has 0 fully saturated rings. The molecule has 0 radical (unpaired) electrons. The first-order valence-electron chi connectivity index (χ1n) is 8.59. The van der Waals surface area contributed by atoms with E-state index in [4.69, 9.17) is 16.3 Å². The van der Waals surface area contributed by atoms with Crippen molar-refractivity contribution in [3.05, 3.63) is 58.6 Å². The van der Waals surface area contributed by atoms with Crippen molar-refractivity contribution in [2.24, 2.45) is 0 Å². The highest BCUT2D eigenvalue weighted by atomic mass is 35.5. The van der Waals surface area contributed by atoms with Crippen LogP contribution in [-0.2, 0) is 11.3 Å². The second-order valence-electron chi connectivity index (χ2n) is 6.18. The van der Waals surface area contributed by atoms with E-state index in [0.717, 1.165) is 16.9 Å². The molecule has 0 saturated heterocycles. The van der Waals surface area contributed by atoms with E-state index in [-0.39, 0.29) is 11.2 Å². The normalized spacial score (nSPS) is 11.9. The van der Waals surface area contributed by atoms with Gasteiger partial charge in [0.2, 0.25) is 11.1 Å². The molecule has 1 heterocycles. The molecule has 0 aliphatic heterocycles. The highest BCUT2D eigenvalue weighted by Gasteiger charge is 2.19. The van der Waals surface area contributed by atoms with Gasteiger partial charge in [-0.15, -0.1) is 5.10 Å². The number of aryl methyl sites for hydroxylation is 1. The van der Waals surface area contributed by atoms with Gasteiger partial charge < -0.3 is 10.1 Å². The number of methoxy groups -OCH3 is 1. The lowest BCUT2D eigenvalue weighted by Crippen LogP contribution is -2.23. The van der Waals surface area contributed by atoms with Crippen molar-refractivity contribution >= 4 is 35.0 Å². The molecular weight excluding hydrogens is 398 g/mol. The number of aromatic nitrogens is 4. The number of nitrogens with one attached hydrogen (secondary N) is 1. The Morgan fingerprint density at radius 1 is 1.29 bits per heavy atom. The lowest BCUT2D eigenvalue weighted by molar-refractivity contribution is -0.115. The minimum atomic E-state index is -0.390. The fourth-order valence-electron chi connectivity index (χ4n) is 2.46. The third-order valence-corrected chi connectivity index (χ3v) is 5.41. The molecule has 7 nitrogen and oxygen atoms in total. The van der Waals surface area contributed by atoms with Gasteiger partial charge in [-0.3, -0.25) is 4.79 Å². The Kier molecular flexibility index (Phi) is 6.53. The predicted molar refractivity (Wildman–Crippen MR) is 110 cm³/mol. The second kappa shape index (κ2) is 9.07. The Bertz CT molecular complexity index is 961. The van der Waals surface area contributed by atoms with Gasteiger partial charge in [0.25, 0.3) is 0 Å². The van der Waals surface area contributed by atoms with E-state index in [1.807, 2.05) is 44.2 Å². The van der Waals surface area contributed by atoms with E-state index in [0.29, 0.717) is 22.4 Å². The van der Waals surface area contributed by atoms with Gasteiger partial charge in [-0.2, -0.15) is 0 Å². The lowest BCUT2D eigenvalue weighted by Gasteiger charge is -2.13. The highest BCUT2D eigenvalue weighted by Crippen LogP contribution is 2.25. The largest absolute Gasteiger partial charge is 0.497 e. The molecule has 3 rings (SSSR count). The zero-order valence-electron chi connectivity index (χ0n) is 15.7. The standard InChI is InChI=1S/C19H20ClN5O2S/c1-12-4-7-15(20)10-17(12)21-18(26)13(2)28-19-22-23-24-25(19)11-14-5-8-16(27-3)9-6-14/h4-10,13H,11H2,1-3H3,(H,21,26). The van der Waals surface area contributed by atoms with Crippen LogP contribution in [0.5, 0.6) is 5.75 Å². The average Bonchev–Trinajstić information content (AvgIpc) is 3.11. The number of thioether (sulfide) groups is 1. The number of ether oxygens (including phenoxy) is 1. The maximum Gasteiger partial charge on any atom is 0.237 e. The number of hydrogen-bond acceptors (Lipinski definition) is 6. The summed E-state index contributed by atoms with van der Waals surface area (Å²) in [5.74, 6) is 0.644. The van der Waals surface area contributed by atoms with Gasteiger partial charge >= 0.3 is 0 Å². The van der Waals surface area contributed by atoms with Crippen LogP contribution in [-0.4, -0.2) is 38.5 Å². The molecule has 0 spiro atoms. The van der Waals surface area contributed by atoms with E-state index in [9.17, 15) is 4.79 Å². The van der Waals surface area contributed by atoms with Crippen molar-refractivity contribution in [3.8, 4) is 5.75 Å². The van der Waals surface area contributed by atoms with Crippen LogP contribution in [0.15, 0.2) is 47.6 Å². The fourth-order valence-corrected chi connectivity index (χ4v) is 3.42. The Labute approximate surface area is 172 Å². The van der Waals surface area contributed by atoms with Gasteiger partial charge in [0, 0.05) is 10.7 Å². The Balaban J connectivity index is 1.65. The molecule has 1 amide bonds. The average molecular weight is 418 g/mol. The minimum Gasteiger partial charge on any atom is -0.497 e. The SMILES string of the molecule is COc1ccc(Cn2nnnc2SC(C)C(=O)Nc2cc(Cl)ccc2C)cc1. The third-order valence-electron chi connectivity index (χ3n) is 4.10. The zero-order valence-corrected chi connectivity index (χ0v) is 17.3. The molecule has 0 aliphatic carbocycles. The zero-order chi connectivity index (χ0) is 20.1. The molecule has 0 saturated carbocycles. The van der Waals surface area contributed by atoms with Crippen molar-refractivity contribution < 1.29 is 9.53 Å². The number of carbonyl (C=O) groups excluding carboxylic acids is 1. The molecule has 28 heavy (non-hydrogen) atoms. The molecule has 3 aromatic rings. The first-order chi connectivity index (χ1) is 13.5. The molecule has 1 atom stereocenters. The Morgan fingerprint density at radius 2 is 2.04 bits per heavy atom. The molecule has 9 heteroatoms. The summed E-state index contributed by atoms with van der Waals surface area (Å²) >= 11 is 7.32. The van der Waals surface area contributed by atoms with Crippen molar-refractivity contribution in [1.29, 1.82) is 0 Å². The quantitative estimate of drug-likeness (QED) is 0.588. The summed E-state index contributed by atoms with van der Waals surface area (Å²) in [4.78, 5) is 12.6. The number of rotatable bonds is 7. The van der Waals surface area contributed by atoms with E-state index in [1.54, 1.807) is 23.9 Å². The number of nitrogens with zero attached hydrogens (tertiary/aromatic N) is 4. The maximum absolute atomic E-state index is 12.6. The second-order valence-corrected chi connectivity index (χ2v) is 7.92. The number of tetrazole rings is 1. The van der Waals surface area contributed by atoms with Gasteiger partial charge in [0.05, 0.1) is 18.9 Å². The van der Waals surface area contributed by atoms with E-state index >= 15 is 0 Å². The minimum absolute atomic E-state index is 0.144. The van der Waals surface area contributed by atoms with Crippen LogP contribution in [0, 0.1) is 6.92 Å². The summed E-state index contributed by atoms with van der Waals surface area (Å²) in [5.41, 5.74) is 2.67. The summed E-state index contributed by atoms with van der Waals surface area (Å²) in [5, 5.41) is 15.5. The van der Waals surface area contributed by atoms with Crippen LogP contribution < -0.4 is 10.1 Å². The number of hydrogen-bond donors (Lipinski definition) is 1. The number of halogens is 1. The molecule has 1 unspecified atom stereocenters. The van der Waals surface area contributed by atoms with Gasteiger partial charge in [-0.25, -0.2) is 4.68 Å². The third kappa shape index (κ3) is 5.02. The summed E-state index contributed by atoms with van der Waals surface area (Å²) in [6, 6.07) is 13.1. The molecular formula is C19H20ClN5O2S. The molecule has 146 valence electrons. The predicted octanol–water partition coefficient (Wildman–Crippen LogP) is 3.81. The van der Waals surface area contributed by atoms with Crippen LogP contribution in [0.25, 0.3) is 0 Å². The van der Waals surface area contributed by atoms with E-state index < -0.39 is 0 Å². The maximum atomic E-state index is 12.6. The number of amides is 1. The summed E-state index contributed by atoms with van der Waals surface area (Å²) in [6.45, 7) is 4.23. The van der Waals surface area contributed by atoms with Gasteiger partial charge in [-0.05, 0) is 59.7 Å².